The van der Waals surface area contributed by atoms with Gasteiger partial charge >= 0.3 is 0 Å². The molecule has 0 bridgehead atoms. The van der Waals surface area contributed by atoms with E-state index in [0.717, 1.165) is 17.8 Å². The van der Waals surface area contributed by atoms with Gasteiger partial charge in [-0.2, -0.15) is 5.10 Å². The Bertz CT molecular complexity index is 348. The van der Waals surface area contributed by atoms with Gasteiger partial charge in [0.15, 0.2) is 0 Å². The molecule has 3 unspecified atom stereocenters. The summed E-state index contributed by atoms with van der Waals surface area (Å²) >= 11 is 0. The topological polar surface area (TPSA) is 29.9 Å². The van der Waals surface area contributed by atoms with E-state index in [0.29, 0.717) is 6.04 Å². The van der Waals surface area contributed by atoms with Crippen LogP contribution in [0.1, 0.15) is 44.8 Å². The van der Waals surface area contributed by atoms with Crippen LogP contribution < -0.4 is 5.32 Å². The van der Waals surface area contributed by atoms with Gasteiger partial charge in [0.1, 0.15) is 0 Å². The molecule has 1 fully saturated rings. The van der Waals surface area contributed by atoms with E-state index >= 15 is 0 Å². The molecule has 1 aliphatic rings. The zero-order valence-electron chi connectivity index (χ0n) is 11.5. The third-order valence-corrected chi connectivity index (χ3v) is 4.17. The largest absolute Gasteiger partial charge is 0.311 e. The first-order chi connectivity index (χ1) is 8.11. The molecular formula is C14H25N3. The lowest BCUT2D eigenvalue weighted by atomic mass is 9.73. The van der Waals surface area contributed by atoms with Crippen LogP contribution in [0.25, 0.3) is 0 Å². The summed E-state index contributed by atoms with van der Waals surface area (Å²) in [4.78, 5) is 0. The number of nitrogens with zero attached hydrogens (tertiary/aromatic N) is 2. The minimum Gasteiger partial charge on any atom is -0.311 e. The van der Waals surface area contributed by atoms with Gasteiger partial charge in [0, 0.05) is 13.2 Å². The fraction of sp³-hybridized carbons (Fsp3) is 0.786. The lowest BCUT2D eigenvalue weighted by Gasteiger charge is -2.36. The van der Waals surface area contributed by atoms with Crippen molar-refractivity contribution in [1.29, 1.82) is 0 Å². The molecule has 0 amide bonds. The number of hydrogen-bond donors (Lipinski definition) is 1. The van der Waals surface area contributed by atoms with E-state index in [1.165, 1.54) is 25.0 Å². The van der Waals surface area contributed by atoms with Gasteiger partial charge < -0.3 is 5.32 Å². The summed E-state index contributed by atoms with van der Waals surface area (Å²) in [5.74, 6) is 2.45. The smallest absolute Gasteiger partial charge is 0.0553 e. The molecule has 3 nitrogen and oxygen atoms in total. The lowest BCUT2D eigenvalue weighted by molar-refractivity contribution is 0.177. The number of aromatic nitrogens is 2. The Hall–Kier alpha value is -0.830. The van der Waals surface area contributed by atoms with Crippen molar-refractivity contribution < 1.29 is 0 Å². The molecule has 1 N–H and O–H groups in total. The van der Waals surface area contributed by atoms with Gasteiger partial charge in [-0.25, -0.2) is 0 Å². The molecule has 17 heavy (non-hydrogen) atoms. The summed E-state index contributed by atoms with van der Waals surface area (Å²) in [6.45, 7) is 4.78. The van der Waals surface area contributed by atoms with E-state index in [-0.39, 0.29) is 0 Å². The SMILES string of the molecule is CNC(c1ccnn1C)C1CC(C)CC(C)C1. The molecular weight excluding hydrogens is 210 g/mol. The van der Waals surface area contributed by atoms with E-state index in [2.05, 4.69) is 37.4 Å². The Labute approximate surface area is 105 Å². The highest BCUT2D eigenvalue weighted by Gasteiger charge is 2.31. The van der Waals surface area contributed by atoms with Crippen LogP contribution in [0.5, 0.6) is 0 Å². The molecule has 1 aromatic rings. The Kier molecular flexibility index (Phi) is 3.87. The molecule has 1 aliphatic carbocycles. The van der Waals surface area contributed by atoms with Crippen LogP contribution in [0.3, 0.4) is 0 Å². The van der Waals surface area contributed by atoms with Crippen LogP contribution in [-0.2, 0) is 7.05 Å². The van der Waals surface area contributed by atoms with Crippen molar-refractivity contribution in [3.05, 3.63) is 18.0 Å². The van der Waals surface area contributed by atoms with Crippen molar-refractivity contribution in [3.63, 3.8) is 0 Å². The van der Waals surface area contributed by atoms with Crippen molar-refractivity contribution in [1.82, 2.24) is 15.1 Å². The summed E-state index contributed by atoms with van der Waals surface area (Å²) in [6.07, 6.45) is 5.95. The second-order valence-electron chi connectivity index (χ2n) is 5.82. The van der Waals surface area contributed by atoms with Crippen LogP contribution in [-0.4, -0.2) is 16.8 Å². The maximum atomic E-state index is 4.30. The number of aryl methyl sites for hydroxylation is 1. The summed E-state index contributed by atoms with van der Waals surface area (Å²) < 4.78 is 2.01. The summed E-state index contributed by atoms with van der Waals surface area (Å²) in [7, 11) is 4.11. The van der Waals surface area contributed by atoms with Gasteiger partial charge in [-0.15, -0.1) is 0 Å². The van der Waals surface area contributed by atoms with Gasteiger partial charge in [0.05, 0.1) is 11.7 Å². The quantitative estimate of drug-likeness (QED) is 0.873. The highest BCUT2D eigenvalue weighted by atomic mass is 15.3. The zero-order valence-corrected chi connectivity index (χ0v) is 11.5. The zero-order chi connectivity index (χ0) is 12.4. The molecule has 0 radical (unpaired) electrons. The van der Waals surface area contributed by atoms with Crippen molar-refractivity contribution in [3.8, 4) is 0 Å². The summed E-state index contributed by atoms with van der Waals surface area (Å²) in [5, 5.41) is 7.79. The van der Waals surface area contributed by atoms with Gasteiger partial charge in [-0.1, -0.05) is 13.8 Å². The van der Waals surface area contributed by atoms with Gasteiger partial charge in [-0.3, -0.25) is 4.68 Å². The summed E-state index contributed by atoms with van der Waals surface area (Å²) in [6, 6.07) is 2.60. The molecule has 0 aromatic carbocycles. The molecule has 0 spiro atoms. The number of hydrogen-bond acceptors (Lipinski definition) is 2. The first-order valence-electron chi connectivity index (χ1n) is 6.77. The highest BCUT2D eigenvalue weighted by Crippen LogP contribution is 2.39. The second kappa shape index (κ2) is 5.21. The van der Waals surface area contributed by atoms with Crippen LogP contribution >= 0.6 is 0 Å². The Balaban J connectivity index is 2.15. The Morgan fingerprint density at radius 3 is 2.41 bits per heavy atom. The standard InChI is InChI=1S/C14H25N3/c1-10-7-11(2)9-12(8-10)14(15-3)13-5-6-16-17(13)4/h5-6,10-12,14-15H,7-9H2,1-4H3. The molecule has 1 heterocycles. The average Bonchev–Trinajstić information content (AvgIpc) is 2.65. The van der Waals surface area contributed by atoms with Crippen molar-refractivity contribution >= 4 is 0 Å². The molecule has 1 saturated carbocycles. The van der Waals surface area contributed by atoms with Crippen LogP contribution in [0, 0.1) is 17.8 Å². The summed E-state index contributed by atoms with van der Waals surface area (Å²) in [5.41, 5.74) is 1.32. The van der Waals surface area contributed by atoms with E-state index in [1.54, 1.807) is 0 Å². The van der Waals surface area contributed by atoms with Gasteiger partial charge in [0.2, 0.25) is 0 Å². The lowest BCUT2D eigenvalue weighted by Crippen LogP contribution is -2.32. The fourth-order valence-electron chi connectivity index (χ4n) is 3.60. The predicted octanol–water partition coefficient (Wildman–Crippen LogP) is 2.75. The number of nitrogens with one attached hydrogen (secondary N) is 1. The first kappa shape index (κ1) is 12.6. The monoisotopic (exact) mass is 235 g/mol. The molecule has 96 valence electrons. The molecule has 2 rings (SSSR count). The molecule has 0 aliphatic heterocycles. The molecule has 0 saturated heterocycles. The van der Waals surface area contributed by atoms with Crippen LogP contribution in [0.2, 0.25) is 0 Å². The average molecular weight is 235 g/mol. The van der Waals surface area contributed by atoms with Crippen molar-refractivity contribution in [2.45, 2.75) is 39.2 Å². The highest BCUT2D eigenvalue weighted by molar-refractivity contribution is 5.08. The minimum atomic E-state index is 0.452. The van der Waals surface area contributed by atoms with E-state index in [4.69, 9.17) is 0 Å². The van der Waals surface area contributed by atoms with Crippen molar-refractivity contribution in [2.24, 2.45) is 24.8 Å². The predicted molar refractivity (Wildman–Crippen MR) is 70.7 cm³/mol. The maximum Gasteiger partial charge on any atom is 0.0553 e. The van der Waals surface area contributed by atoms with Crippen molar-refractivity contribution in [2.75, 3.05) is 7.05 Å². The maximum absolute atomic E-state index is 4.30. The minimum absolute atomic E-state index is 0.452. The third kappa shape index (κ3) is 2.71. The van der Waals surface area contributed by atoms with Gasteiger partial charge in [0.25, 0.3) is 0 Å². The molecule has 3 heteroatoms. The Morgan fingerprint density at radius 1 is 1.29 bits per heavy atom. The normalized spacial score (nSPS) is 31.4. The van der Waals surface area contributed by atoms with Gasteiger partial charge in [-0.05, 0) is 50.1 Å². The Morgan fingerprint density at radius 2 is 1.94 bits per heavy atom. The first-order valence-corrected chi connectivity index (χ1v) is 6.77. The molecule has 3 atom stereocenters. The van der Waals surface area contributed by atoms with E-state index < -0.39 is 0 Å². The van der Waals surface area contributed by atoms with E-state index in [9.17, 15) is 0 Å². The third-order valence-electron chi connectivity index (χ3n) is 4.17. The van der Waals surface area contributed by atoms with E-state index in [1.807, 2.05) is 17.9 Å². The van der Waals surface area contributed by atoms with Crippen LogP contribution in [0.4, 0.5) is 0 Å². The molecule has 1 aromatic heterocycles. The second-order valence-corrected chi connectivity index (χ2v) is 5.82. The number of rotatable bonds is 3. The fourth-order valence-corrected chi connectivity index (χ4v) is 3.60. The van der Waals surface area contributed by atoms with Crippen LogP contribution in [0.15, 0.2) is 12.3 Å².